The molecule has 1 fully saturated rings. The van der Waals surface area contributed by atoms with E-state index >= 15 is 0 Å². The van der Waals surface area contributed by atoms with Crippen LogP contribution in [0.3, 0.4) is 0 Å². The predicted molar refractivity (Wildman–Crippen MR) is 70.2 cm³/mol. The van der Waals surface area contributed by atoms with Crippen molar-refractivity contribution in [1.29, 1.82) is 0 Å². The fourth-order valence-corrected chi connectivity index (χ4v) is 2.00. The number of likely N-dealkylation sites (N-methyl/N-ethyl adjacent to an activating group) is 1. The molecule has 0 amide bonds. The number of ether oxygens (including phenoxy) is 2. The highest BCUT2D eigenvalue weighted by Crippen LogP contribution is 2.27. The van der Waals surface area contributed by atoms with Gasteiger partial charge >= 0.3 is 0 Å². The molecule has 0 aliphatic carbocycles. The summed E-state index contributed by atoms with van der Waals surface area (Å²) in [5.74, 6) is 0.624. The fraction of sp³-hybridized carbons (Fsp3) is 0.538. The van der Waals surface area contributed by atoms with Gasteiger partial charge in [-0.05, 0) is 25.2 Å². The van der Waals surface area contributed by atoms with Crippen LogP contribution >= 0.6 is 0 Å². The van der Waals surface area contributed by atoms with Crippen LogP contribution in [0.25, 0.3) is 0 Å². The number of nitro benzene ring substituents is 1. The molecule has 1 aromatic carbocycles. The van der Waals surface area contributed by atoms with Crippen molar-refractivity contribution in [3.8, 4) is 5.75 Å². The second-order valence-corrected chi connectivity index (χ2v) is 4.35. The summed E-state index contributed by atoms with van der Waals surface area (Å²) in [6, 6.07) is 6.08. The molecular formula is C13H18N2O4. The highest BCUT2D eigenvalue weighted by atomic mass is 16.6. The average molecular weight is 266 g/mol. The van der Waals surface area contributed by atoms with Gasteiger partial charge in [0.2, 0.25) is 0 Å². The summed E-state index contributed by atoms with van der Waals surface area (Å²) in [7, 11) is 0. The maximum absolute atomic E-state index is 10.5. The second kappa shape index (κ2) is 5.99. The number of nitro groups is 1. The van der Waals surface area contributed by atoms with E-state index in [1.165, 1.54) is 12.1 Å². The molecule has 0 radical (unpaired) electrons. The van der Waals surface area contributed by atoms with Gasteiger partial charge in [-0.25, -0.2) is 0 Å². The van der Waals surface area contributed by atoms with E-state index in [-0.39, 0.29) is 18.0 Å². The minimum atomic E-state index is -0.426. The minimum Gasteiger partial charge on any atom is -0.491 e. The van der Waals surface area contributed by atoms with Crippen molar-refractivity contribution in [2.75, 3.05) is 19.7 Å². The van der Waals surface area contributed by atoms with Crippen LogP contribution in [0.2, 0.25) is 0 Å². The lowest BCUT2D eigenvalue weighted by Crippen LogP contribution is -2.29. The van der Waals surface area contributed by atoms with Crippen LogP contribution in [-0.4, -0.2) is 41.9 Å². The van der Waals surface area contributed by atoms with E-state index in [2.05, 4.69) is 18.7 Å². The van der Waals surface area contributed by atoms with E-state index in [1.54, 1.807) is 12.1 Å². The van der Waals surface area contributed by atoms with Crippen molar-refractivity contribution < 1.29 is 14.4 Å². The quantitative estimate of drug-likeness (QED) is 0.429. The van der Waals surface area contributed by atoms with E-state index in [4.69, 9.17) is 9.47 Å². The normalized spacial score (nSPS) is 21.4. The summed E-state index contributed by atoms with van der Waals surface area (Å²) in [4.78, 5) is 12.3. The molecule has 104 valence electrons. The van der Waals surface area contributed by atoms with Crippen molar-refractivity contribution in [2.45, 2.75) is 26.2 Å². The van der Waals surface area contributed by atoms with E-state index < -0.39 is 4.92 Å². The molecule has 1 aliphatic heterocycles. The molecule has 0 aromatic heterocycles. The molecule has 19 heavy (non-hydrogen) atoms. The second-order valence-electron chi connectivity index (χ2n) is 4.35. The summed E-state index contributed by atoms with van der Waals surface area (Å²) in [6.45, 7) is 6.57. The average Bonchev–Trinajstić information content (AvgIpc) is 3.18. The van der Waals surface area contributed by atoms with E-state index in [9.17, 15) is 10.1 Å². The predicted octanol–water partition coefficient (Wildman–Crippen LogP) is 2.04. The summed E-state index contributed by atoms with van der Waals surface area (Å²) in [5, 5.41) is 10.5. The van der Waals surface area contributed by atoms with E-state index in [0.717, 1.165) is 13.1 Å². The van der Waals surface area contributed by atoms with Crippen LogP contribution in [0, 0.1) is 10.1 Å². The topological polar surface area (TPSA) is 68.1 Å². The first-order chi connectivity index (χ1) is 9.15. The Morgan fingerprint density at radius 1 is 1.32 bits per heavy atom. The van der Waals surface area contributed by atoms with Crippen LogP contribution in [0.4, 0.5) is 5.69 Å². The molecule has 2 unspecified atom stereocenters. The van der Waals surface area contributed by atoms with Gasteiger partial charge < -0.3 is 9.47 Å². The van der Waals surface area contributed by atoms with Gasteiger partial charge in [-0.2, -0.15) is 0 Å². The van der Waals surface area contributed by atoms with Crippen LogP contribution in [0.1, 0.15) is 13.8 Å². The Morgan fingerprint density at radius 3 is 2.47 bits per heavy atom. The SMILES string of the molecule is CCN(CC)C1OC1COc1ccc([N+](=O)[O-])cc1. The van der Waals surface area contributed by atoms with Crippen LogP contribution < -0.4 is 4.74 Å². The maximum Gasteiger partial charge on any atom is 0.269 e. The first-order valence-electron chi connectivity index (χ1n) is 6.42. The van der Waals surface area contributed by atoms with Gasteiger partial charge in [0.25, 0.3) is 5.69 Å². The Balaban J connectivity index is 1.79. The van der Waals surface area contributed by atoms with Gasteiger partial charge in [-0.15, -0.1) is 0 Å². The lowest BCUT2D eigenvalue weighted by Gasteiger charge is -2.14. The summed E-state index contributed by atoms with van der Waals surface area (Å²) in [5.41, 5.74) is 0.0658. The zero-order valence-electron chi connectivity index (χ0n) is 11.1. The molecule has 6 heteroatoms. The molecule has 0 spiro atoms. The summed E-state index contributed by atoms with van der Waals surface area (Å²) in [6.07, 6.45) is 0.239. The smallest absolute Gasteiger partial charge is 0.269 e. The third-order valence-corrected chi connectivity index (χ3v) is 3.19. The number of hydrogen-bond acceptors (Lipinski definition) is 5. The molecule has 2 rings (SSSR count). The molecule has 1 aliphatic rings. The van der Waals surface area contributed by atoms with Crippen LogP contribution in [0.5, 0.6) is 5.75 Å². The monoisotopic (exact) mass is 266 g/mol. The standard InChI is InChI=1S/C13H18N2O4/c1-3-14(4-2)13-12(19-13)9-18-11-7-5-10(6-8-11)15(16)17/h5-8,12-13H,3-4,9H2,1-2H3. The molecule has 1 aromatic rings. The van der Waals surface area contributed by atoms with Gasteiger partial charge in [-0.3, -0.25) is 15.0 Å². The first kappa shape index (κ1) is 13.8. The molecule has 0 N–H and O–H groups in total. The number of hydrogen-bond donors (Lipinski definition) is 0. The lowest BCUT2D eigenvalue weighted by molar-refractivity contribution is -0.384. The molecule has 0 bridgehead atoms. The van der Waals surface area contributed by atoms with Crippen LogP contribution in [-0.2, 0) is 4.74 Å². The van der Waals surface area contributed by atoms with Crippen molar-refractivity contribution in [3.63, 3.8) is 0 Å². The lowest BCUT2D eigenvalue weighted by atomic mass is 10.3. The van der Waals surface area contributed by atoms with E-state index in [1.807, 2.05) is 0 Å². The van der Waals surface area contributed by atoms with Gasteiger partial charge in [0.1, 0.15) is 24.7 Å². The van der Waals surface area contributed by atoms with Gasteiger partial charge in [0, 0.05) is 12.1 Å². The summed E-state index contributed by atoms with van der Waals surface area (Å²) >= 11 is 0. The fourth-order valence-electron chi connectivity index (χ4n) is 2.00. The zero-order valence-corrected chi connectivity index (χ0v) is 11.1. The van der Waals surface area contributed by atoms with Crippen molar-refractivity contribution in [2.24, 2.45) is 0 Å². The van der Waals surface area contributed by atoms with Crippen molar-refractivity contribution in [3.05, 3.63) is 34.4 Å². The maximum atomic E-state index is 10.5. The van der Waals surface area contributed by atoms with Crippen molar-refractivity contribution in [1.82, 2.24) is 4.90 Å². The highest BCUT2D eigenvalue weighted by Gasteiger charge is 2.43. The first-order valence-corrected chi connectivity index (χ1v) is 6.42. The Kier molecular flexibility index (Phi) is 4.34. The third kappa shape index (κ3) is 3.42. The number of epoxide rings is 1. The zero-order chi connectivity index (χ0) is 13.8. The molecule has 6 nitrogen and oxygen atoms in total. The number of nitrogens with zero attached hydrogens (tertiary/aromatic N) is 2. The van der Waals surface area contributed by atoms with Crippen molar-refractivity contribution >= 4 is 5.69 Å². The Hall–Kier alpha value is -1.66. The van der Waals surface area contributed by atoms with Crippen LogP contribution in [0.15, 0.2) is 24.3 Å². The number of benzene rings is 1. The van der Waals surface area contributed by atoms with E-state index in [0.29, 0.717) is 12.4 Å². The number of non-ortho nitro benzene ring substituents is 1. The largest absolute Gasteiger partial charge is 0.491 e. The Bertz CT molecular complexity index is 431. The highest BCUT2D eigenvalue weighted by molar-refractivity contribution is 5.35. The van der Waals surface area contributed by atoms with Gasteiger partial charge in [0.15, 0.2) is 0 Å². The Morgan fingerprint density at radius 2 is 1.95 bits per heavy atom. The molecule has 1 saturated heterocycles. The minimum absolute atomic E-state index is 0.0658. The Labute approximate surface area is 112 Å². The molecular weight excluding hydrogens is 248 g/mol. The molecule has 0 saturated carbocycles. The number of rotatable bonds is 7. The summed E-state index contributed by atoms with van der Waals surface area (Å²) < 4.78 is 11.1. The third-order valence-electron chi connectivity index (χ3n) is 3.19. The molecule has 2 atom stereocenters. The van der Waals surface area contributed by atoms with Gasteiger partial charge in [0.05, 0.1) is 4.92 Å². The van der Waals surface area contributed by atoms with Gasteiger partial charge in [-0.1, -0.05) is 13.8 Å². The molecule has 1 heterocycles.